The Bertz CT molecular complexity index is 276. The third-order valence-electron chi connectivity index (χ3n) is 4.26. The lowest BCUT2D eigenvalue weighted by Gasteiger charge is -2.20. The van der Waals surface area contributed by atoms with E-state index in [1.165, 1.54) is 44.9 Å². The summed E-state index contributed by atoms with van der Waals surface area (Å²) in [4.78, 5) is 12.0. The maximum absolute atomic E-state index is 12.0. The molecule has 1 unspecified atom stereocenters. The van der Waals surface area contributed by atoms with Crippen LogP contribution in [0.25, 0.3) is 0 Å². The van der Waals surface area contributed by atoms with Crippen LogP contribution in [0.5, 0.6) is 0 Å². The fourth-order valence-corrected chi connectivity index (χ4v) is 4.73. The van der Waals surface area contributed by atoms with E-state index in [-0.39, 0.29) is 11.7 Å². The van der Waals surface area contributed by atoms with Crippen LogP contribution in [-0.2, 0) is 15.6 Å². The van der Waals surface area contributed by atoms with E-state index >= 15 is 0 Å². The molecule has 2 aliphatic carbocycles. The zero-order valence-corrected chi connectivity index (χ0v) is 11.5. The Morgan fingerprint density at radius 1 is 0.941 bits per heavy atom. The van der Waals surface area contributed by atoms with Crippen molar-refractivity contribution in [1.82, 2.24) is 0 Å². The fourth-order valence-electron chi connectivity index (χ4n) is 3.20. The number of hydrogen-bond acceptors (Lipinski definition) is 2. The molecule has 1 atom stereocenters. The number of rotatable bonds is 5. The summed E-state index contributed by atoms with van der Waals surface area (Å²) in [6, 6.07) is 0. The maximum atomic E-state index is 12.0. The van der Waals surface area contributed by atoms with E-state index in [1.807, 2.05) is 0 Å². The molecular weight excluding hydrogens is 232 g/mol. The maximum Gasteiger partial charge on any atom is 0.148 e. The van der Waals surface area contributed by atoms with Gasteiger partial charge < -0.3 is 0 Å². The van der Waals surface area contributed by atoms with E-state index in [1.54, 1.807) is 0 Å². The molecule has 2 saturated carbocycles. The highest BCUT2D eigenvalue weighted by Gasteiger charge is 2.24. The Morgan fingerprint density at radius 2 is 1.53 bits per heavy atom. The van der Waals surface area contributed by atoms with Gasteiger partial charge in [0.2, 0.25) is 0 Å². The molecule has 0 amide bonds. The first-order valence-electron chi connectivity index (χ1n) is 7.13. The molecule has 2 nitrogen and oxygen atoms in total. The smallest absolute Gasteiger partial charge is 0.148 e. The number of carbonyl (C=O) groups excluding carboxylic acids is 1. The first-order valence-corrected chi connectivity index (χ1v) is 8.62. The molecule has 2 aliphatic rings. The average Bonchev–Trinajstić information content (AvgIpc) is 2.82. The van der Waals surface area contributed by atoms with Crippen molar-refractivity contribution in [2.45, 2.75) is 57.8 Å². The van der Waals surface area contributed by atoms with E-state index in [9.17, 15) is 9.00 Å². The van der Waals surface area contributed by atoms with Crippen molar-refractivity contribution >= 4 is 16.6 Å². The summed E-state index contributed by atoms with van der Waals surface area (Å²) in [6.45, 7) is 0. The number of Topliss-reactive ketones (excluding diaryl/α,β-unsaturated/α-hetero) is 1. The molecule has 0 N–H and O–H groups in total. The Balaban J connectivity index is 1.71. The summed E-state index contributed by atoms with van der Waals surface area (Å²) in [5.74, 6) is 2.26. The van der Waals surface area contributed by atoms with Gasteiger partial charge in [0.1, 0.15) is 5.78 Å². The van der Waals surface area contributed by atoms with Gasteiger partial charge in [0.25, 0.3) is 0 Å². The van der Waals surface area contributed by atoms with Crippen LogP contribution in [0.3, 0.4) is 0 Å². The minimum absolute atomic E-state index is 0.233. The minimum Gasteiger partial charge on any atom is -0.298 e. The molecular formula is C14H24O2S. The number of hydrogen-bond donors (Lipinski definition) is 0. The minimum atomic E-state index is -0.891. The monoisotopic (exact) mass is 256 g/mol. The van der Waals surface area contributed by atoms with Crippen LogP contribution in [-0.4, -0.2) is 21.5 Å². The average molecular weight is 256 g/mol. The quantitative estimate of drug-likeness (QED) is 0.757. The third kappa shape index (κ3) is 4.20. The van der Waals surface area contributed by atoms with Crippen molar-refractivity contribution in [3.8, 4) is 0 Å². The van der Waals surface area contributed by atoms with E-state index < -0.39 is 10.8 Å². The molecule has 0 aromatic carbocycles. The second-order valence-electron chi connectivity index (χ2n) is 5.70. The van der Waals surface area contributed by atoms with E-state index in [4.69, 9.17) is 0 Å². The van der Waals surface area contributed by atoms with Gasteiger partial charge in [-0.25, -0.2) is 0 Å². The van der Waals surface area contributed by atoms with Crippen LogP contribution in [0, 0.1) is 11.8 Å². The standard InChI is InChI=1S/C14H24O2S/c15-14(13-8-2-1-3-9-13)11-17(16)10-12-6-4-5-7-12/h12-13H,1-11H2. The highest BCUT2D eigenvalue weighted by atomic mass is 32.2. The summed E-state index contributed by atoms with van der Waals surface area (Å²) >= 11 is 0. The normalized spacial score (nSPS) is 24.9. The van der Waals surface area contributed by atoms with Crippen molar-refractivity contribution in [2.24, 2.45) is 11.8 Å². The molecule has 0 spiro atoms. The zero-order chi connectivity index (χ0) is 12.1. The van der Waals surface area contributed by atoms with Crippen LogP contribution in [0.1, 0.15) is 57.8 Å². The lowest BCUT2D eigenvalue weighted by Crippen LogP contribution is -2.25. The second kappa shape index (κ2) is 6.67. The summed E-state index contributed by atoms with van der Waals surface area (Å²) < 4.78 is 11.9. The molecule has 2 fully saturated rings. The van der Waals surface area contributed by atoms with Crippen molar-refractivity contribution in [2.75, 3.05) is 11.5 Å². The first kappa shape index (κ1) is 13.3. The molecule has 0 aromatic rings. The van der Waals surface area contributed by atoms with Crippen LogP contribution >= 0.6 is 0 Å². The molecule has 0 radical (unpaired) electrons. The van der Waals surface area contributed by atoms with Crippen molar-refractivity contribution in [3.63, 3.8) is 0 Å². The Morgan fingerprint density at radius 3 is 2.18 bits per heavy atom. The number of ketones is 1. The molecule has 0 bridgehead atoms. The Kier molecular flexibility index (Phi) is 5.20. The molecule has 0 aromatic heterocycles. The fraction of sp³-hybridized carbons (Fsp3) is 0.929. The van der Waals surface area contributed by atoms with Crippen molar-refractivity contribution in [1.29, 1.82) is 0 Å². The van der Waals surface area contributed by atoms with Crippen molar-refractivity contribution < 1.29 is 9.00 Å². The molecule has 17 heavy (non-hydrogen) atoms. The highest BCUT2D eigenvalue weighted by molar-refractivity contribution is 7.85. The van der Waals surface area contributed by atoms with E-state index in [0.29, 0.717) is 11.7 Å². The van der Waals surface area contributed by atoms with Gasteiger partial charge in [0.15, 0.2) is 0 Å². The van der Waals surface area contributed by atoms with Gasteiger partial charge in [-0.3, -0.25) is 9.00 Å². The first-order chi connectivity index (χ1) is 8.25. The predicted molar refractivity (Wildman–Crippen MR) is 71.4 cm³/mol. The molecule has 0 heterocycles. The van der Waals surface area contributed by atoms with Crippen molar-refractivity contribution in [3.05, 3.63) is 0 Å². The second-order valence-corrected chi connectivity index (χ2v) is 7.20. The van der Waals surface area contributed by atoms with Gasteiger partial charge in [-0.15, -0.1) is 0 Å². The molecule has 0 aliphatic heterocycles. The summed E-state index contributed by atoms with van der Waals surface area (Å²) in [6.07, 6.45) is 10.8. The highest BCUT2D eigenvalue weighted by Crippen LogP contribution is 2.27. The molecule has 3 heteroatoms. The zero-order valence-electron chi connectivity index (χ0n) is 10.7. The Hall–Kier alpha value is -0.180. The van der Waals surface area contributed by atoms with Gasteiger partial charge in [-0.2, -0.15) is 0 Å². The van der Waals surface area contributed by atoms with Crippen LogP contribution < -0.4 is 0 Å². The molecule has 2 rings (SSSR count). The van der Waals surface area contributed by atoms with Gasteiger partial charge >= 0.3 is 0 Å². The SMILES string of the molecule is O=C(CS(=O)CC1CCCC1)C1CCCCC1. The number of carbonyl (C=O) groups is 1. The van der Waals surface area contributed by atoms with E-state index in [2.05, 4.69) is 0 Å². The lowest BCUT2D eigenvalue weighted by atomic mass is 9.87. The van der Waals surface area contributed by atoms with Gasteiger partial charge in [-0.05, 0) is 31.6 Å². The lowest BCUT2D eigenvalue weighted by molar-refractivity contribution is -0.121. The van der Waals surface area contributed by atoms with Crippen LogP contribution in [0.2, 0.25) is 0 Å². The molecule has 0 saturated heterocycles. The summed E-state index contributed by atoms with van der Waals surface area (Å²) in [5.41, 5.74) is 0. The summed E-state index contributed by atoms with van der Waals surface area (Å²) in [5, 5.41) is 0. The Labute approximate surface area is 107 Å². The predicted octanol–water partition coefficient (Wildman–Crippen LogP) is 3.07. The topological polar surface area (TPSA) is 34.1 Å². The molecule has 98 valence electrons. The summed E-state index contributed by atoms with van der Waals surface area (Å²) in [7, 11) is -0.891. The van der Waals surface area contributed by atoms with Crippen LogP contribution in [0.4, 0.5) is 0 Å². The van der Waals surface area contributed by atoms with Crippen LogP contribution in [0.15, 0.2) is 0 Å². The van der Waals surface area contributed by atoms with E-state index in [0.717, 1.165) is 18.6 Å². The van der Waals surface area contributed by atoms with Gasteiger partial charge in [-0.1, -0.05) is 32.1 Å². The largest absolute Gasteiger partial charge is 0.298 e. The van der Waals surface area contributed by atoms with Gasteiger partial charge in [0, 0.05) is 22.5 Å². The van der Waals surface area contributed by atoms with Gasteiger partial charge in [0.05, 0.1) is 5.75 Å². The third-order valence-corrected chi connectivity index (χ3v) is 5.71.